The fraction of sp³-hybridized carbons (Fsp3) is 0.278. The topological polar surface area (TPSA) is 38.3 Å². The van der Waals surface area contributed by atoms with E-state index in [1.165, 1.54) is 18.2 Å². The quantitative estimate of drug-likeness (QED) is 0.719. The molecule has 3 nitrogen and oxygen atoms in total. The second-order valence-corrected chi connectivity index (χ2v) is 6.01. The van der Waals surface area contributed by atoms with Gasteiger partial charge in [0.1, 0.15) is 5.82 Å². The lowest BCUT2D eigenvalue weighted by molar-refractivity contribution is 0.0635. The number of benzene rings is 2. The van der Waals surface area contributed by atoms with Gasteiger partial charge in [-0.15, -0.1) is 0 Å². The van der Waals surface area contributed by atoms with Crippen molar-refractivity contribution in [1.29, 1.82) is 0 Å². The zero-order valence-electron chi connectivity index (χ0n) is 12.9. The van der Waals surface area contributed by atoms with E-state index in [4.69, 9.17) is 4.74 Å². The molecule has 122 valence electrons. The molecule has 0 unspecified atom stereocenters. The summed E-state index contributed by atoms with van der Waals surface area (Å²) in [7, 11) is 0. The van der Waals surface area contributed by atoms with Gasteiger partial charge in [-0.1, -0.05) is 30.3 Å². The number of carbonyl (C=O) groups excluding carboxylic acids is 1. The highest BCUT2D eigenvalue weighted by Gasteiger charge is 2.10. The number of hydrogen-bond acceptors (Lipinski definition) is 2. The summed E-state index contributed by atoms with van der Waals surface area (Å²) in [6.07, 6.45) is 0.708. The Morgan fingerprint density at radius 2 is 2.00 bits per heavy atom. The average Bonchev–Trinajstić information content (AvgIpc) is 2.57. The van der Waals surface area contributed by atoms with Crippen molar-refractivity contribution in [1.82, 2.24) is 5.32 Å². The molecule has 0 aromatic heterocycles. The number of ether oxygens (including phenoxy) is 1. The van der Waals surface area contributed by atoms with Crippen LogP contribution in [0.15, 0.2) is 53.0 Å². The molecule has 0 radical (unpaired) electrons. The molecule has 0 saturated heterocycles. The third-order valence-electron chi connectivity index (χ3n) is 3.42. The highest BCUT2D eigenvalue weighted by atomic mass is 79.9. The van der Waals surface area contributed by atoms with Gasteiger partial charge >= 0.3 is 0 Å². The number of carbonyl (C=O) groups is 1. The predicted molar refractivity (Wildman–Crippen MR) is 91.9 cm³/mol. The van der Waals surface area contributed by atoms with Crippen LogP contribution < -0.4 is 5.32 Å². The normalized spacial score (nSPS) is 12.0. The minimum atomic E-state index is -0.432. The third-order valence-corrected chi connectivity index (χ3v) is 4.11. The van der Waals surface area contributed by atoms with Crippen LogP contribution in [0.1, 0.15) is 35.4 Å². The molecular formula is C18H19BrFNO2. The minimum absolute atomic E-state index is 0.0178. The first-order valence-electron chi connectivity index (χ1n) is 7.47. The standard InChI is InChI=1S/C18H19BrFNO2/c1-13(14-6-3-2-4-7-14)23-11-5-10-21-18(22)16-12-15(20)8-9-17(16)19/h2-4,6-9,12-13H,5,10-11H2,1H3,(H,21,22)/t13-/m1/s1. The van der Waals surface area contributed by atoms with Crippen LogP contribution >= 0.6 is 15.9 Å². The van der Waals surface area contributed by atoms with Crippen molar-refractivity contribution in [3.8, 4) is 0 Å². The Hall–Kier alpha value is -1.72. The molecule has 1 amide bonds. The number of hydrogen-bond donors (Lipinski definition) is 1. The second kappa shape index (κ2) is 8.79. The van der Waals surface area contributed by atoms with E-state index in [-0.39, 0.29) is 12.0 Å². The maximum atomic E-state index is 13.2. The predicted octanol–water partition coefficient (Wildman–Crippen LogP) is 4.49. The van der Waals surface area contributed by atoms with Crippen LogP contribution in [-0.4, -0.2) is 19.1 Å². The maximum Gasteiger partial charge on any atom is 0.252 e. The highest BCUT2D eigenvalue weighted by molar-refractivity contribution is 9.10. The van der Waals surface area contributed by atoms with Gasteiger partial charge < -0.3 is 10.1 Å². The Morgan fingerprint density at radius 3 is 2.74 bits per heavy atom. The number of nitrogens with one attached hydrogen (secondary N) is 1. The number of rotatable bonds is 7. The molecule has 0 heterocycles. The molecule has 5 heteroatoms. The van der Waals surface area contributed by atoms with Gasteiger partial charge in [0.25, 0.3) is 5.91 Å². The van der Waals surface area contributed by atoms with Gasteiger partial charge in [-0.05, 0) is 53.0 Å². The van der Waals surface area contributed by atoms with E-state index >= 15 is 0 Å². The van der Waals surface area contributed by atoms with Gasteiger partial charge in [0.15, 0.2) is 0 Å². The highest BCUT2D eigenvalue weighted by Crippen LogP contribution is 2.18. The van der Waals surface area contributed by atoms with Crippen LogP contribution in [0.3, 0.4) is 0 Å². The Morgan fingerprint density at radius 1 is 1.26 bits per heavy atom. The molecule has 0 aliphatic carbocycles. The van der Waals surface area contributed by atoms with Crippen molar-refractivity contribution in [2.24, 2.45) is 0 Å². The molecule has 2 aromatic rings. The van der Waals surface area contributed by atoms with E-state index in [1.807, 2.05) is 37.3 Å². The van der Waals surface area contributed by atoms with E-state index in [2.05, 4.69) is 21.2 Å². The summed E-state index contributed by atoms with van der Waals surface area (Å²) in [4.78, 5) is 12.0. The molecule has 0 fully saturated rings. The second-order valence-electron chi connectivity index (χ2n) is 5.16. The Balaban J connectivity index is 1.71. The zero-order chi connectivity index (χ0) is 16.7. The fourth-order valence-corrected chi connectivity index (χ4v) is 2.55. The van der Waals surface area contributed by atoms with Crippen molar-refractivity contribution in [3.63, 3.8) is 0 Å². The summed E-state index contributed by atoms with van der Waals surface area (Å²) in [5.41, 5.74) is 1.42. The number of halogens is 2. The van der Waals surface area contributed by atoms with Gasteiger partial charge in [0, 0.05) is 17.6 Å². The van der Waals surface area contributed by atoms with Crippen LogP contribution in [0.5, 0.6) is 0 Å². The Bertz CT molecular complexity index is 649. The Kier molecular flexibility index (Phi) is 6.74. The zero-order valence-corrected chi connectivity index (χ0v) is 14.5. The summed E-state index contributed by atoms with van der Waals surface area (Å²) in [6, 6.07) is 14.0. The van der Waals surface area contributed by atoms with Crippen LogP contribution in [0.4, 0.5) is 4.39 Å². The molecule has 0 aliphatic heterocycles. The largest absolute Gasteiger partial charge is 0.374 e. The van der Waals surface area contributed by atoms with E-state index in [0.717, 1.165) is 5.56 Å². The summed E-state index contributed by atoms with van der Waals surface area (Å²) in [6.45, 7) is 3.02. The van der Waals surface area contributed by atoms with Crippen LogP contribution in [0.25, 0.3) is 0 Å². The molecule has 0 bridgehead atoms. The van der Waals surface area contributed by atoms with E-state index in [0.29, 0.717) is 29.6 Å². The molecule has 2 rings (SSSR count). The van der Waals surface area contributed by atoms with Gasteiger partial charge in [0.05, 0.1) is 11.7 Å². The van der Waals surface area contributed by atoms with Gasteiger partial charge in [-0.2, -0.15) is 0 Å². The van der Waals surface area contributed by atoms with Crippen LogP contribution in [0, 0.1) is 5.82 Å². The van der Waals surface area contributed by atoms with Gasteiger partial charge in [-0.3, -0.25) is 4.79 Å². The molecule has 23 heavy (non-hydrogen) atoms. The third kappa shape index (κ3) is 5.44. The molecule has 2 aromatic carbocycles. The maximum absolute atomic E-state index is 13.2. The van der Waals surface area contributed by atoms with Crippen LogP contribution in [-0.2, 0) is 4.74 Å². The number of amides is 1. The van der Waals surface area contributed by atoms with Crippen molar-refractivity contribution in [3.05, 3.63) is 69.9 Å². The van der Waals surface area contributed by atoms with E-state index in [9.17, 15) is 9.18 Å². The van der Waals surface area contributed by atoms with Crippen molar-refractivity contribution >= 4 is 21.8 Å². The van der Waals surface area contributed by atoms with Gasteiger partial charge in [0.2, 0.25) is 0 Å². The lowest BCUT2D eigenvalue weighted by atomic mass is 10.1. The smallest absolute Gasteiger partial charge is 0.252 e. The summed E-state index contributed by atoms with van der Waals surface area (Å²) >= 11 is 3.25. The molecule has 0 spiro atoms. The van der Waals surface area contributed by atoms with E-state index in [1.54, 1.807) is 0 Å². The van der Waals surface area contributed by atoms with Crippen LogP contribution in [0.2, 0.25) is 0 Å². The first kappa shape index (κ1) is 17.6. The molecule has 1 atom stereocenters. The average molecular weight is 380 g/mol. The first-order chi connectivity index (χ1) is 11.1. The van der Waals surface area contributed by atoms with Crippen molar-refractivity contribution in [2.45, 2.75) is 19.4 Å². The Labute approximate surface area is 144 Å². The lowest BCUT2D eigenvalue weighted by Crippen LogP contribution is -2.25. The molecular weight excluding hydrogens is 361 g/mol. The summed E-state index contributed by atoms with van der Waals surface area (Å²) in [5, 5.41) is 2.76. The first-order valence-corrected chi connectivity index (χ1v) is 8.27. The summed E-state index contributed by atoms with van der Waals surface area (Å²) in [5.74, 6) is -0.731. The summed E-state index contributed by atoms with van der Waals surface area (Å²) < 4.78 is 19.5. The fourth-order valence-electron chi connectivity index (χ4n) is 2.12. The SMILES string of the molecule is C[C@@H](OCCCNC(=O)c1cc(F)ccc1Br)c1ccccc1. The molecule has 0 aliphatic rings. The lowest BCUT2D eigenvalue weighted by Gasteiger charge is -2.13. The van der Waals surface area contributed by atoms with Crippen molar-refractivity contribution in [2.75, 3.05) is 13.2 Å². The van der Waals surface area contributed by atoms with Crippen molar-refractivity contribution < 1.29 is 13.9 Å². The van der Waals surface area contributed by atoms with E-state index < -0.39 is 5.82 Å². The minimum Gasteiger partial charge on any atom is -0.374 e. The van der Waals surface area contributed by atoms with Gasteiger partial charge in [-0.25, -0.2) is 4.39 Å². The molecule has 0 saturated carbocycles. The monoisotopic (exact) mass is 379 g/mol. The molecule has 1 N–H and O–H groups in total.